The van der Waals surface area contributed by atoms with E-state index in [0.29, 0.717) is 16.4 Å². The fourth-order valence-electron chi connectivity index (χ4n) is 1.56. The molecule has 0 saturated heterocycles. The average Bonchev–Trinajstić information content (AvgIpc) is 2.83. The Labute approximate surface area is 100 Å². The summed E-state index contributed by atoms with van der Waals surface area (Å²) < 4.78 is 1.81. The van der Waals surface area contributed by atoms with Crippen LogP contribution in [-0.2, 0) is 0 Å². The predicted molar refractivity (Wildman–Crippen MR) is 65.7 cm³/mol. The molecular formula is C10H7ClN4S. The van der Waals surface area contributed by atoms with Gasteiger partial charge in [0.2, 0.25) is 0 Å². The number of hydrogen-bond donors (Lipinski definition) is 1. The number of nitrogen functional groups attached to an aromatic ring is 1. The zero-order valence-corrected chi connectivity index (χ0v) is 9.66. The first kappa shape index (κ1) is 9.62. The first-order chi connectivity index (χ1) is 7.75. The van der Waals surface area contributed by atoms with Crippen molar-refractivity contribution in [3.63, 3.8) is 0 Å². The van der Waals surface area contributed by atoms with Gasteiger partial charge in [-0.2, -0.15) is 0 Å². The topological polar surface area (TPSA) is 56.2 Å². The molecule has 0 aliphatic carbocycles. The van der Waals surface area contributed by atoms with Gasteiger partial charge in [0.15, 0.2) is 11.5 Å². The summed E-state index contributed by atoms with van der Waals surface area (Å²) in [6, 6.07) is 5.62. The molecule has 2 N–H and O–H groups in total. The molecule has 0 aromatic carbocycles. The number of hydrogen-bond acceptors (Lipinski definition) is 4. The van der Waals surface area contributed by atoms with Crippen molar-refractivity contribution in [1.82, 2.24) is 14.6 Å². The molecule has 80 valence electrons. The molecule has 3 aromatic heterocycles. The largest absolute Gasteiger partial charge is 0.396 e. The Morgan fingerprint density at radius 3 is 3.00 bits per heavy atom. The molecule has 0 saturated carbocycles. The lowest BCUT2D eigenvalue weighted by atomic mass is 10.4. The Kier molecular flexibility index (Phi) is 2.08. The predicted octanol–water partition coefficient (Wildman–Crippen LogP) is 2.69. The standard InChI is InChI=1S/C10H7ClN4S/c11-6-4-7(12)9-13-14-10(15(9)5-6)8-2-1-3-16-8/h1-5H,12H2. The third-order valence-electron chi connectivity index (χ3n) is 2.24. The van der Waals surface area contributed by atoms with Crippen molar-refractivity contribution in [3.8, 4) is 10.7 Å². The lowest BCUT2D eigenvalue weighted by Gasteiger charge is -2.00. The molecule has 0 radical (unpaired) electrons. The van der Waals surface area contributed by atoms with Gasteiger partial charge in [-0.1, -0.05) is 17.7 Å². The second kappa shape index (κ2) is 3.47. The van der Waals surface area contributed by atoms with Crippen LogP contribution in [0.2, 0.25) is 5.02 Å². The van der Waals surface area contributed by atoms with E-state index in [1.165, 1.54) is 0 Å². The fourth-order valence-corrected chi connectivity index (χ4v) is 2.48. The van der Waals surface area contributed by atoms with E-state index in [2.05, 4.69) is 10.2 Å². The summed E-state index contributed by atoms with van der Waals surface area (Å²) in [4.78, 5) is 1.04. The summed E-state index contributed by atoms with van der Waals surface area (Å²) in [5, 5.41) is 10.7. The second-order valence-electron chi connectivity index (χ2n) is 3.31. The van der Waals surface area contributed by atoms with Crippen LogP contribution < -0.4 is 5.73 Å². The van der Waals surface area contributed by atoms with Crippen molar-refractivity contribution in [2.45, 2.75) is 0 Å². The van der Waals surface area contributed by atoms with Crippen molar-refractivity contribution >= 4 is 34.3 Å². The van der Waals surface area contributed by atoms with Gasteiger partial charge in [-0.05, 0) is 17.5 Å². The van der Waals surface area contributed by atoms with Crippen molar-refractivity contribution in [3.05, 3.63) is 34.8 Å². The lowest BCUT2D eigenvalue weighted by molar-refractivity contribution is 1.12. The zero-order chi connectivity index (χ0) is 11.1. The highest BCUT2D eigenvalue weighted by molar-refractivity contribution is 7.13. The number of nitrogens with two attached hydrogens (primary N) is 1. The molecule has 0 amide bonds. The highest BCUT2D eigenvalue weighted by atomic mass is 35.5. The number of rotatable bonds is 1. The number of fused-ring (bicyclic) bond motifs is 1. The summed E-state index contributed by atoms with van der Waals surface area (Å²) >= 11 is 7.56. The van der Waals surface area contributed by atoms with E-state index < -0.39 is 0 Å². The minimum Gasteiger partial charge on any atom is -0.396 e. The van der Waals surface area contributed by atoms with Crippen LogP contribution in [-0.4, -0.2) is 14.6 Å². The van der Waals surface area contributed by atoms with Crippen LogP contribution in [0.15, 0.2) is 29.8 Å². The zero-order valence-electron chi connectivity index (χ0n) is 8.09. The number of nitrogens with zero attached hydrogens (tertiary/aromatic N) is 3. The van der Waals surface area contributed by atoms with E-state index in [1.54, 1.807) is 23.6 Å². The molecule has 3 rings (SSSR count). The SMILES string of the molecule is Nc1cc(Cl)cn2c(-c3cccs3)nnc12. The molecule has 4 nitrogen and oxygen atoms in total. The number of anilines is 1. The smallest absolute Gasteiger partial charge is 0.184 e. The van der Waals surface area contributed by atoms with Crippen molar-refractivity contribution in [2.75, 3.05) is 5.73 Å². The maximum atomic E-state index is 5.96. The molecule has 3 aromatic rings. The Morgan fingerprint density at radius 2 is 2.25 bits per heavy atom. The Bertz CT molecular complexity index is 644. The maximum Gasteiger partial charge on any atom is 0.184 e. The fraction of sp³-hybridized carbons (Fsp3) is 0. The van der Waals surface area contributed by atoms with Gasteiger partial charge in [-0.25, -0.2) is 0 Å². The third-order valence-corrected chi connectivity index (χ3v) is 3.31. The van der Waals surface area contributed by atoms with Crippen LogP contribution in [0, 0.1) is 0 Å². The van der Waals surface area contributed by atoms with Gasteiger partial charge in [-0.3, -0.25) is 4.40 Å². The summed E-state index contributed by atoms with van der Waals surface area (Å²) in [6.07, 6.45) is 1.77. The molecule has 16 heavy (non-hydrogen) atoms. The number of aromatic nitrogens is 3. The van der Waals surface area contributed by atoms with Gasteiger partial charge in [0.05, 0.1) is 15.6 Å². The van der Waals surface area contributed by atoms with Gasteiger partial charge < -0.3 is 5.73 Å². The van der Waals surface area contributed by atoms with Crippen LogP contribution in [0.25, 0.3) is 16.3 Å². The van der Waals surface area contributed by atoms with E-state index in [1.807, 2.05) is 21.9 Å². The van der Waals surface area contributed by atoms with Crippen LogP contribution >= 0.6 is 22.9 Å². The molecule has 0 atom stereocenters. The van der Waals surface area contributed by atoms with E-state index in [0.717, 1.165) is 10.7 Å². The molecule has 3 heterocycles. The highest BCUT2D eigenvalue weighted by Crippen LogP contribution is 2.26. The number of halogens is 1. The molecule has 6 heteroatoms. The van der Waals surface area contributed by atoms with Crippen molar-refractivity contribution < 1.29 is 0 Å². The lowest BCUT2D eigenvalue weighted by Crippen LogP contribution is -1.93. The van der Waals surface area contributed by atoms with Gasteiger partial charge in [-0.15, -0.1) is 21.5 Å². The third kappa shape index (κ3) is 1.36. The van der Waals surface area contributed by atoms with E-state index >= 15 is 0 Å². The minimum absolute atomic E-state index is 0.530. The molecule has 0 aliphatic rings. The van der Waals surface area contributed by atoms with Crippen LogP contribution in [0.5, 0.6) is 0 Å². The van der Waals surface area contributed by atoms with Gasteiger partial charge in [0, 0.05) is 6.20 Å². The first-order valence-corrected chi connectivity index (χ1v) is 5.85. The molecule has 0 aliphatic heterocycles. The normalized spacial score (nSPS) is 11.1. The van der Waals surface area contributed by atoms with Crippen LogP contribution in [0.1, 0.15) is 0 Å². The van der Waals surface area contributed by atoms with Gasteiger partial charge in [0.25, 0.3) is 0 Å². The summed E-state index contributed by atoms with van der Waals surface area (Å²) in [6.45, 7) is 0. The Hall–Kier alpha value is -1.59. The van der Waals surface area contributed by atoms with Crippen molar-refractivity contribution in [2.24, 2.45) is 0 Å². The highest BCUT2D eigenvalue weighted by Gasteiger charge is 2.11. The van der Waals surface area contributed by atoms with E-state index in [4.69, 9.17) is 17.3 Å². The summed E-state index contributed by atoms with van der Waals surface area (Å²) in [5.41, 5.74) is 6.98. The molecule has 0 fully saturated rings. The molecular weight excluding hydrogens is 244 g/mol. The van der Waals surface area contributed by atoms with Crippen LogP contribution in [0.3, 0.4) is 0 Å². The van der Waals surface area contributed by atoms with E-state index in [9.17, 15) is 0 Å². The maximum absolute atomic E-state index is 5.96. The Balaban J connectivity index is 2.35. The Morgan fingerprint density at radius 1 is 1.38 bits per heavy atom. The molecule has 0 unspecified atom stereocenters. The second-order valence-corrected chi connectivity index (χ2v) is 4.69. The molecule has 0 bridgehead atoms. The summed E-state index contributed by atoms with van der Waals surface area (Å²) in [5.74, 6) is 0.763. The van der Waals surface area contributed by atoms with Gasteiger partial charge >= 0.3 is 0 Å². The van der Waals surface area contributed by atoms with Crippen LogP contribution in [0.4, 0.5) is 5.69 Å². The number of thiophene rings is 1. The average molecular weight is 251 g/mol. The minimum atomic E-state index is 0.530. The van der Waals surface area contributed by atoms with Gasteiger partial charge in [0.1, 0.15) is 0 Å². The molecule has 0 spiro atoms. The van der Waals surface area contributed by atoms with Crippen molar-refractivity contribution in [1.29, 1.82) is 0 Å². The first-order valence-electron chi connectivity index (χ1n) is 4.59. The summed E-state index contributed by atoms with van der Waals surface area (Å²) in [7, 11) is 0. The monoisotopic (exact) mass is 250 g/mol. The number of pyridine rings is 1. The quantitative estimate of drug-likeness (QED) is 0.722. The van der Waals surface area contributed by atoms with E-state index in [-0.39, 0.29) is 0 Å².